The second-order valence-corrected chi connectivity index (χ2v) is 13.8. The Bertz CT molecular complexity index is 1530. The Morgan fingerprint density at radius 3 is 2.38 bits per heavy atom. The number of para-hydroxylation sites is 1. The third kappa shape index (κ3) is 7.13. The number of hydrogen-bond donors (Lipinski definition) is 2. The monoisotopic (exact) mass is 574 g/mol. The molecule has 4 rings (SSSR count). The van der Waals surface area contributed by atoms with Crippen LogP contribution in [0.3, 0.4) is 0 Å². The van der Waals surface area contributed by atoms with Crippen LogP contribution in [0.15, 0.2) is 59.5 Å². The van der Waals surface area contributed by atoms with Crippen LogP contribution in [0.2, 0.25) is 0 Å². The van der Waals surface area contributed by atoms with Crippen molar-refractivity contribution in [3.8, 4) is 5.75 Å². The van der Waals surface area contributed by atoms with E-state index in [-0.39, 0.29) is 17.3 Å². The highest BCUT2D eigenvalue weighted by Gasteiger charge is 2.33. The van der Waals surface area contributed by atoms with E-state index in [1.54, 1.807) is 12.1 Å². The molecule has 1 atom stereocenters. The van der Waals surface area contributed by atoms with E-state index in [2.05, 4.69) is 15.0 Å². The first-order chi connectivity index (χ1) is 18.5. The molecule has 0 bridgehead atoms. The van der Waals surface area contributed by atoms with Crippen LogP contribution in [-0.2, 0) is 31.3 Å². The van der Waals surface area contributed by atoms with E-state index in [0.29, 0.717) is 38.3 Å². The number of hydrogen-bond acceptors (Lipinski definition) is 8. The van der Waals surface area contributed by atoms with Crippen molar-refractivity contribution in [1.82, 2.24) is 19.9 Å². The zero-order chi connectivity index (χ0) is 28.2. The molecule has 10 nitrogen and oxygen atoms in total. The van der Waals surface area contributed by atoms with Crippen LogP contribution in [0.25, 0.3) is 10.9 Å². The minimum Gasteiger partial charge on any atom is -0.489 e. The number of carbonyl (C=O) groups is 1. The molecule has 3 aromatic rings. The molecule has 1 aliphatic rings. The summed E-state index contributed by atoms with van der Waals surface area (Å²) in [5, 5.41) is 3.13. The minimum atomic E-state index is -3.90. The third-order valence-corrected chi connectivity index (χ3v) is 10.1. The van der Waals surface area contributed by atoms with E-state index < -0.39 is 31.2 Å². The van der Waals surface area contributed by atoms with Crippen molar-refractivity contribution in [2.45, 2.75) is 42.6 Å². The van der Waals surface area contributed by atoms with Gasteiger partial charge in [-0.1, -0.05) is 18.2 Å². The molecule has 2 N–H and O–H groups in total. The molecule has 0 saturated carbocycles. The maximum atomic E-state index is 13.0. The van der Waals surface area contributed by atoms with Crippen molar-refractivity contribution < 1.29 is 26.4 Å². The van der Waals surface area contributed by atoms with E-state index in [4.69, 9.17) is 4.74 Å². The van der Waals surface area contributed by atoms with Crippen LogP contribution in [-0.4, -0.2) is 76.9 Å². The van der Waals surface area contributed by atoms with Crippen LogP contribution < -0.4 is 14.8 Å². The fourth-order valence-corrected chi connectivity index (χ4v) is 6.94. The standard InChI is InChI=1S/C27H34N4O6S2/c1-19-16-20(24-6-4-5-7-25(24)30-19)18-37-21-8-10-23(11-9-21)39(35,36)29-17-26(27(32)28-2)31-14-12-22(13-15-31)38(3,33)34/h4-11,16,22,26,29H,12-15,17-18H2,1-3H3,(H,28,32)/t26-/m0/s1. The summed E-state index contributed by atoms with van der Waals surface area (Å²) < 4.78 is 58.2. The molecule has 1 aliphatic heterocycles. The molecule has 12 heteroatoms. The van der Waals surface area contributed by atoms with Crippen molar-refractivity contribution in [2.75, 3.05) is 32.9 Å². The van der Waals surface area contributed by atoms with Gasteiger partial charge in [0.2, 0.25) is 15.9 Å². The maximum absolute atomic E-state index is 13.0. The van der Waals surface area contributed by atoms with Gasteiger partial charge in [-0.05, 0) is 56.2 Å². The first-order valence-corrected chi connectivity index (χ1v) is 16.1. The molecule has 0 aliphatic carbocycles. The number of carbonyl (C=O) groups excluding carboxylic acids is 1. The number of likely N-dealkylation sites (tertiary alicyclic amines) is 1. The number of piperidine rings is 1. The summed E-state index contributed by atoms with van der Waals surface area (Å²) in [6.45, 7) is 2.86. The van der Waals surface area contributed by atoms with Gasteiger partial charge in [-0.2, -0.15) is 0 Å². The number of aromatic nitrogens is 1. The van der Waals surface area contributed by atoms with Crippen molar-refractivity contribution in [3.05, 3.63) is 65.9 Å². The highest BCUT2D eigenvalue weighted by atomic mass is 32.2. The van der Waals surface area contributed by atoms with Crippen molar-refractivity contribution in [1.29, 1.82) is 0 Å². The molecule has 2 heterocycles. The van der Waals surface area contributed by atoms with Crippen molar-refractivity contribution in [2.24, 2.45) is 0 Å². The summed E-state index contributed by atoms with van der Waals surface area (Å²) in [5.41, 5.74) is 2.75. The van der Waals surface area contributed by atoms with Gasteiger partial charge in [-0.25, -0.2) is 21.6 Å². The molecular weight excluding hydrogens is 540 g/mol. The normalized spacial score (nSPS) is 16.2. The fraction of sp³-hybridized carbons (Fsp3) is 0.407. The Balaban J connectivity index is 1.39. The first kappa shape index (κ1) is 28.9. The van der Waals surface area contributed by atoms with Crippen LogP contribution in [0.1, 0.15) is 24.1 Å². The molecule has 0 spiro atoms. The summed E-state index contributed by atoms with van der Waals surface area (Å²) in [4.78, 5) is 19.0. The highest BCUT2D eigenvalue weighted by molar-refractivity contribution is 7.91. The molecule has 0 radical (unpaired) electrons. The Labute approximate surface area is 229 Å². The van der Waals surface area contributed by atoms with Gasteiger partial charge >= 0.3 is 0 Å². The largest absolute Gasteiger partial charge is 0.489 e. The Kier molecular flexibility index (Phi) is 8.90. The number of amides is 1. The van der Waals surface area contributed by atoms with Gasteiger partial charge in [0.25, 0.3) is 0 Å². The van der Waals surface area contributed by atoms with Crippen LogP contribution in [0, 0.1) is 6.92 Å². The van der Waals surface area contributed by atoms with Crippen LogP contribution in [0.4, 0.5) is 0 Å². The smallest absolute Gasteiger partial charge is 0.240 e. The number of rotatable bonds is 10. The Morgan fingerprint density at radius 2 is 1.74 bits per heavy atom. The molecular formula is C27H34N4O6S2. The molecule has 39 heavy (non-hydrogen) atoms. The van der Waals surface area contributed by atoms with Crippen LogP contribution in [0.5, 0.6) is 5.75 Å². The van der Waals surface area contributed by atoms with E-state index in [0.717, 1.165) is 22.2 Å². The Hall–Kier alpha value is -3.06. The lowest BCUT2D eigenvalue weighted by atomic mass is 10.1. The summed E-state index contributed by atoms with van der Waals surface area (Å²) in [6, 6.07) is 15.1. The molecule has 0 unspecified atom stereocenters. The molecule has 1 amide bonds. The molecule has 1 aromatic heterocycles. The third-order valence-electron chi connectivity index (χ3n) is 7.00. The fourth-order valence-electron chi connectivity index (χ4n) is 4.83. The van der Waals surface area contributed by atoms with Gasteiger partial charge in [0.05, 0.1) is 15.7 Å². The second kappa shape index (κ2) is 12.0. The number of aryl methyl sites for hydroxylation is 1. The van der Waals surface area contributed by atoms with Gasteiger partial charge in [-0.15, -0.1) is 0 Å². The summed E-state index contributed by atoms with van der Waals surface area (Å²) in [7, 11) is -5.58. The van der Waals surface area contributed by atoms with Crippen LogP contribution >= 0.6 is 0 Å². The molecule has 210 valence electrons. The number of benzene rings is 2. The number of sulfone groups is 1. The van der Waals surface area contributed by atoms with E-state index >= 15 is 0 Å². The zero-order valence-corrected chi connectivity index (χ0v) is 23.9. The Morgan fingerprint density at radius 1 is 1.08 bits per heavy atom. The maximum Gasteiger partial charge on any atom is 0.240 e. The van der Waals surface area contributed by atoms with E-state index in [1.165, 1.54) is 25.4 Å². The van der Waals surface area contributed by atoms with Gasteiger partial charge in [0, 0.05) is 49.6 Å². The van der Waals surface area contributed by atoms with Gasteiger partial charge in [0.1, 0.15) is 28.2 Å². The van der Waals surface area contributed by atoms with E-state index in [9.17, 15) is 21.6 Å². The number of fused-ring (bicyclic) bond motifs is 1. The number of nitrogens with one attached hydrogen (secondary N) is 2. The van der Waals surface area contributed by atoms with Gasteiger partial charge in [-0.3, -0.25) is 14.7 Å². The lowest BCUT2D eigenvalue weighted by Gasteiger charge is -2.36. The van der Waals surface area contributed by atoms with E-state index in [1.807, 2.05) is 42.2 Å². The highest BCUT2D eigenvalue weighted by Crippen LogP contribution is 2.23. The van der Waals surface area contributed by atoms with Gasteiger partial charge < -0.3 is 10.1 Å². The average Bonchev–Trinajstić information content (AvgIpc) is 2.91. The number of sulfonamides is 1. The SMILES string of the molecule is CNC(=O)[C@H](CNS(=O)(=O)c1ccc(OCc2cc(C)nc3ccccc23)cc1)N1CCC(S(C)(=O)=O)CC1. The number of nitrogens with zero attached hydrogens (tertiary/aromatic N) is 2. The first-order valence-electron chi connectivity index (χ1n) is 12.7. The van der Waals surface area contributed by atoms with Crippen molar-refractivity contribution in [3.63, 3.8) is 0 Å². The number of likely N-dealkylation sites (N-methyl/N-ethyl adjacent to an activating group) is 1. The van der Waals surface area contributed by atoms with Crippen molar-refractivity contribution >= 4 is 36.7 Å². The number of ether oxygens (including phenoxy) is 1. The zero-order valence-electron chi connectivity index (χ0n) is 22.3. The predicted octanol–water partition coefficient (Wildman–Crippen LogP) is 2.02. The number of pyridine rings is 1. The predicted molar refractivity (Wildman–Crippen MR) is 150 cm³/mol. The quantitative estimate of drug-likeness (QED) is 0.376. The topological polar surface area (TPSA) is 135 Å². The van der Waals surface area contributed by atoms with Gasteiger partial charge in [0.15, 0.2) is 0 Å². The summed E-state index contributed by atoms with van der Waals surface area (Å²) >= 11 is 0. The molecule has 1 saturated heterocycles. The average molecular weight is 575 g/mol. The summed E-state index contributed by atoms with van der Waals surface area (Å²) in [5.74, 6) is 0.183. The molecule has 2 aromatic carbocycles. The lowest BCUT2D eigenvalue weighted by molar-refractivity contribution is -0.126. The lowest BCUT2D eigenvalue weighted by Crippen LogP contribution is -2.55. The molecule has 1 fully saturated rings. The minimum absolute atomic E-state index is 0.0477. The summed E-state index contributed by atoms with van der Waals surface area (Å²) in [6.07, 6.45) is 2.01. The second-order valence-electron chi connectivity index (χ2n) is 9.75.